The van der Waals surface area contributed by atoms with Gasteiger partial charge in [-0.15, -0.1) is 0 Å². The highest BCUT2D eigenvalue weighted by atomic mass is 16.1. The maximum Gasteiger partial charge on any atom is 0.152 e. The van der Waals surface area contributed by atoms with Crippen molar-refractivity contribution in [3.63, 3.8) is 0 Å². The van der Waals surface area contributed by atoms with Gasteiger partial charge in [0.25, 0.3) is 0 Å². The Morgan fingerprint density at radius 2 is 2.15 bits per heavy atom. The maximum absolute atomic E-state index is 11.1. The molecule has 1 aromatic carbocycles. The Morgan fingerprint density at radius 3 is 2.85 bits per heavy atom. The molecule has 0 bridgehead atoms. The van der Waals surface area contributed by atoms with Gasteiger partial charge in [-0.3, -0.25) is 4.79 Å². The molecule has 0 spiro atoms. The number of aldehydes is 1. The Morgan fingerprint density at radius 1 is 1.46 bits per heavy atom. The zero-order valence-electron chi connectivity index (χ0n) is 8.66. The van der Waals surface area contributed by atoms with Gasteiger partial charge in [-0.05, 0) is 13.0 Å². The fourth-order valence-electron chi connectivity index (χ4n) is 1.65. The van der Waals surface area contributed by atoms with Crippen LogP contribution in [0.25, 0.3) is 10.9 Å². The molecule has 2 rings (SSSR count). The molecular formula is C11H11NO. The molecule has 2 heteroatoms. The summed E-state index contributed by atoms with van der Waals surface area (Å²) in [4.78, 5) is 11.1. The number of hydrogen-bond donors (Lipinski definition) is 0. The van der Waals surface area contributed by atoms with Gasteiger partial charge in [0.1, 0.15) is 1.37 Å². The maximum atomic E-state index is 11.1. The molecule has 0 aliphatic rings. The monoisotopic (exact) mass is 174 g/mol. The number of aromatic nitrogens is 1. The van der Waals surface area contributed by atoms with Gasteiger partial charge in [0, 0.05) is 29.2 Å². The van der Waals surface area contributed by atoms with E-state index < -0.39 is 6.26 Å². The van der Waals surface area contributed by atoms with Crippen molar-refractivity contribution in [1.29, 1.82) is 0 Å². The van der Waals surface area contributed by atoms with E-state index in [9.17, 15) is 4.79 Å². The van der Waals surface area contributed by atoms with Crippen LogP contribution in [0.1, 0.15) is 17.4 Å². The number of carbonyl (C=O) groups excluding carboxylic acids is 1. The van der Waals surface area contributed by atoms with Crippen molar-refractivity contribution in [2.24, 2.45) is 7.05 Å². The van der Waals surface area contributed by atoms with Gasteiger partial charge in [0.05, 0.1) is 0 Å². The molecule has 13 heavy (non-hydrogen) atoms. The first-order chi connectivity index (χ1) is 6.63. The lowest BCUT2D eigenvalue weighted by molar-refractivity contribution is 0.112. The minimum Gasteiger partial charge on any atom is -0.347 e. The summed E-state index contributed by atoms with van der Waals surface area (Å²) < 4.78 is 9.14. The summed E-state index contributed by atoms with van der Waals surface area (Å²) in [7, 11) is 1.91. The molecule has 1 aromatic heterocycles. The second-order valence-corrected chi connectivity index (χ2v) is 3.14. The number of carbonyl (C=O) groups is 1. The number of fused-ring (bicyclic) bond motifs is 1. The van der Waals surface area contributed by atoms with E-state index >= 15 is 0 Å². The molecule has 0 N–H and O–H groups in total. The van der Waals surface area contributed by atoms with Crippen LogP contribution < -0.4 is 0 Å². The Bertz CT molecular complexity index is 513. The van der Waals surface area contributed by atoms with E-state index in [-0.39, 0.29) is 0 Å². The van der Waals surface area contributed by atoms with Gasteiger partial charge in [-0.25, -0.2) is 0 Å². The second-order valence-electron chi connectivity index (χ2n) is 3.14. The molecular weight excluding hydrogens is 162 g/mol. The van der Waals surface area contributed by atoms with Crippen LogP contribution in [0.4, 0.5) is 0 Å². The Kier molecular flexibility index (Phi) is 1.45. The fourth-order valence-corrected chi connectivity index (χ4v) is 1.65. The molecule has 0 fully saturated rings. The summed E-state index contributed by atoms with van der Waals surface area (Å²) in [6.07, 6.45) is -0.612. The van der Waals surface area contributed by atoms with Crippen molar-refractivity contribution in [2.75, 3.05) is 0 Å². The van der Waals surface area contributed by atoms with Crippen LogP contribution in [0.5, 0.6) is 0 Å². The Hall–Kier alpha value is -1.57. The van der Waals surface area contributed by atoms with E-state index in [1.54, 1.807) is 0 Å². The van der Waals surface area contributed by atoms with E-state index in [4.69, 9.17) is 1.37 Å². The number of aryl methyl sites for hydroxylation is 1. The number of nitrogens with zero attached hydrogens (tertiary/aromatic N) is 1. The lowest BCUT2D eigenvalue weighted by Crippen LogP contribution is -1.91. The molecule has 0 saturated carbocycles. The van der Waals surface area contributed by atoms with E-state index in [1.165, 1.54) is 0 Å². The SMILES string of the molecule is [2H]C(=O)c1c(C)n(C)c2ccccc12. The summed E-state index contributed by atoms with van der Waals surface area (Å²) in [6.45, 7) is 1.86. The molecule has 0 aliphatic carbocycles. The van der Waals surface area contributed by atoms with Crippen molar-refractivity contribution < 1.29 is 6.17 Å². The van der Waals surface area contributed by atoms with Crippen LogP contribution >= 0.6 is 0 Å². The van der Waals surface area contributed by atoms with Crippen LogP contribution in [0, 0.1) is 6.92 Å². The van der Waals surface area contributed by atoms with Crippen molar-refractivity contribution in [3.05, 3.63) is 35.5 Å². The first-order valence-corrected chi connectivity index (χ1v) is 4.18. The molecule has 66 valence electrons. The van der Waals surface area contributed by atoms with Crippen molar-refractivity contribution >= 4 is 17.2 Å². The average molecular weight is 174 g/mol. The Labute approximate surface area is 78.2 Å². The van der Waals surface area contributed by atoms with E-state index in [2.05, 4.69) is 0 Å². The largest absolute Gasteiger partial charge is 0.347 e. The molecule has 0 amide bonds. The van der Waals surface area contributed by atoms with Gasteiger partial charge in [0.15, 0.2) is 6.26 Å². The number of para-hydroxylation sites is 1. The fraction of sp³-hybridized carbons (Fsp3) is 0.182. The third-order valence-corrected chi connectivity index (χ3v) is 2.50. The number of rotatable bonds is 1. The third-order valence-electron chi connectivity index (χ3n) is 2.50. The highest BCUT2D eigenvalue weighted by molar-refractivity contribution is 5.99. The molecule has 1 heterocycles. The summed E-state index contributed by atoms with van der Waals surface area (Å²) in [5.74, 6) is 0. The van der Waals surface area contributed by atoms with E-state index in [0.717, 1.165) is 16.6 Å². The third kappa shape index (κ3) is 0.985. The van der Waals surface area contributed by atoms with E-state index in [1.807, 2.05) is 42.8 Å². The van der Waals surface area contributed by atoms with Crippen LogP contribution in [-0.2, 0) is 7.05 Å². The van der Waals surface area contributed by atoms with Gasteiger partial charge < -0.3 is 4.57 Å². The summed E-state index contributed by atoms with van der Waals surface area (Å²) in [6, 6.07) is 7.65. The van der Waals surface area contributed by atoms with E-state index in [0.29, 0.717) is 5.56 Å². The predicted octanol–water partition coefficient (Wildman–Crippen LogP) is 2.30. The van der Waals surface area contributed by atoms with Crippen LogP contribution in [-0.4, -0.2) is 10.8 Å². The van der Waals surface area contributed by atoms with Crippen LogP contribution in [0.15, 0.2) is 24.3 Å². The molecule has 0 aliphatic heterocycles. The second kappa shape index (κ2) is 2.73. The standard InChI is InChI=1S/C11H11NO/c1-8-10(7-13)9-5-3-4-6-11(9)12(8)2/h3-7H,1-2H3/i7D. The molecule has 0 saturated heterocycles. The van der Waals surface area contributed by atoms with Gasteiger partial charge in [-0.1, -0.05) is 18.2 Å². The molecule has 2 nitrogen and oxygen atoms in total. The van der Waals surface area contributed by atoms with Gasteiger partial charge >= 0.3 is 0 Å². The van der Waals surface area contributed by atoms with Crippen LogP contribution in [0.3, 0.4) is 0 Å². The topological polar surface area (TPSA) is 22.0 Å². The molecule has 0 atom stereocenters. The van der Waals surface area contributed by atoms with Crippen LogP contribution in [0.2, 0.25) is 0 Å². The average Bonchev–Trinajstić information content (AvgIpc) is 2.41. The normalized spacial score (nSPS) is 11.7. The summed E-state index contributed by atoms with van der Waals surface area (Å²) >= 11 is 0. The first-order valence-electron chi connectivity index (χ1n) is 4.68. The smallest absolute Gasteiger partial charge is 0.152 e. The van der Waals surface area contributed by atoms with Crippen molar-refractivity contribution in [3.8, 4) is 0 Å². The number of hydrogen-bond acceptors (Lipinski definition) is 1. The minimum atomic E-state index is -0.612. The van der Waals surface area contributed by atoms with Crippen molar-refractivity contribution in [1.82, 2.24) is 4.57 Å². The molecule has 2 aromatic rings. The summed E-state index contributed by atoms with van der Waals surface area (Å²) in [5, 5.41) is 0.868. The lowest BCUT2D eigenvalue weighted by Gasteiger charge is -1.96. The van der Waals surface area contributed by atoms with Gasteiger partial charge in [-0.2, -0.15) is 0 Å². The van der Waals surface area contributed by atoms with Crippen molar-refractivity contribution in [2.45, 2.75) is 6.92 Å². The molecule has 0 radical (unpaired) electrons. The Balaban J connectivity index is 2.95. The zero-order chi connectivity index (χ0) is 10.3. The zero-order valence-corrected chi connectivity index (χ0v) is 7.66. The highest BCUT2D eigenvalue weighted by Crippen LogP contribution is 2.22. The predicted molar refractivity (Wildman–Crippen MR) is 53.0 cm³/mol. The first kappa shape index (κ1) is 6.89. The molecule has 0 unspecified atom stereocenters. The highest BCUT2D eigenvalue weighted by Gasteiger charge is 2.09. The minimum absolute atomic E-state index is 0.517. The summed E-state index contributed by atoms with van der Waals surface area (Å²) in [5.41, 5.74) is 2.37. The number of benzene rings is 1. The van der Waals surface area contributed by atoms with Gasteiger partial charge in [0.2, 0.25) is 0 Å². The quantitative estimate of drug-likeness (QED) is 0.608. The lowest BCUT2D eigenvalue weighted by atomic mass is 10.1.